The second-order valence-electron chi connectivity index (χ2n) is 2.24. The zero-order valence-electron chi connectivity index (χ0n) is 7.75. The molecule has 0 aliphatic carbocycles. The summed E-state index contributed by atoms with van der Waals surface area (Å²) in [7, 11) is 0. The Hall–Kier alpha value is -0.360. The number of nitrogens with zero attached hydrogens (tertiary/aromatic N) is 1. The molecule has 0 saturated heterocycles. The summed E-state index contributed by atoms with van der Waals surface area (Å²) in [4.78, 5) is 3.61. The highest BCUT2D eigenvalue weighted by molar-refractivity contribution is 8.13. The van der Waals surface area contributed by atoms with E-state index >= 15 is 0 Å². The van der Waals surface area contributed by atoms with E-state index in [1.54, 1.807) is 0 Å². The summed E-state index contributed by atoms with van der Waals surface area (Å²) >= 11 is 3.28. The van der Waals surface area contributed by atoms with Gasteiger partial charge in [-0.1, -0.05) is 18.7 Å². The minimum Gasteiger partial charge on any atom is -0.370 e. The Morgan fingerprint density at radius 2 is 2.08 bits per heavy atom. The van der Waals surface area contributed by atoms with Gasteiger partial charge in [-0.05, 0) is 17.9 Å². The first kappa shape index (κ1) is 12.6. The molecule has 0 unspecified atom stereocenters. The minimum atomic E-state index is -0.0413. The third kappa shape index (κ3) is 9.55. The first-order chi connectivity index (χ1) is 6.16. The molecule has 0 bridgehead atoms. The Morgan fingerprint density at radius 3 is 2.62 bits per heavy atom. The normalized spacial score (nSPS) is 9.62. The van der Waals surface area contributed by atoms with Gasteiger partial charge < -0.3 is 11.5 Å². The summed E-state index contributed by atoms with van der Waals surface area (Å²) in [5, 5.41) is 7.50. The van der Waals surface area contributed by atoms with Crippen molar-refractivity contribution in [2.45, 2.75) is 13.3 Å². The van der Waals surface area contributed by atoms with Crippen molar-refractivity contribution in [1.29, 1.82) is 5.41 Å². The van der Waals surface area contributed by atoms with Crippen LogP contribution in [0.1, 0.15) is 13.3 Å². The molecule has 0 fully saturated rings. The van der Waals surface area contributed by atoms with E-state index in [1.807, 2.05) is 11.8 Å². The summed E-state index contributed by atoms with van der Waals surface area (Å²) < 4.78 is 0. The van der Waals surface area contributed by atoms with Gasteiger partial charge in [-0.15, -0.1) is 0 Å². The van der Waals surface area contributed by atoms with Gasteiger partial charge in [0.2, 0.25) is 0 Å². The minimum absolute atomic E-state index is 0.0413. The SMILES string of the molecule is CCSCCCSC(=N)N=C(N)N. The molecule has 0 amide bonds. The third-order valence-corrected chi connectivity index (χ3v) is 2.95. The van der Waals surface area contributed by atoms with E-state index in [0.29, 0.717) is 0 Å². The number of thioether (sulfide) groups is 2. The summed E-state index contributed by atoms with van der Waals surface area (Å²) in [6.45, 7) is 2.14. The number of rotatable bonds is 5. The van der Waals surface area contributed by atoms with Crippen molar-refractivity contribution in [3.8, 4) is 0 Å². The maximum atomic E-state index is 7.31. The molecule has 76 valence electrons. The van der Waals surface area contributed by atoms with Crippen LogP contribution in [-0.2, 0) is 0 Å². The van der Waals surface area contributed by atoms with Crippen molar-refractivity contribution in [1.82, 2.24) is 0 Å². The van der Waals surface area contributed by atoms with E-state index in [1.165, 1.54) is 11.8 Å². The van der Waals surface area contributed by atoms with Crippen molar-refractivity contribution in [2.75, 3.05) is 17.3 Å². The van der Waals surface area contributed by atoms with E-state index in [4.69, 9.17) is 16.9 Å². The quantitative estimate of drug-likeness (QED) is 0.367. The fraction of sp³-hybridized carbons (Fsp3) is 0.714. The van der Waals surface area contributed by atoms with Crippen molar-refractivity contribution in [3.63, 3.8) is 0 Å². The second-order valence-corrected chi connectivity index (χ2v) is 4.72. The van der Waals surface area contributed by atoms with Crippen molar-refractivity contribution in [3.05, 3.63) is 0 Å². The van der Waals surface area contributed by atoms with Crippen LogP contribution in [0.3, 0.4) is 0 Å². The molecule has 4 nitrogen and oxygen atoms in total. The van der Waals surface area contributed by atoms with Crippen LogP contribution in [0.4, 0.5) is 0 Å². The highest BCUT2D eigenvalue weighted by Gasteiger charge is 1.95. The lowest BCUT2D eigenvalue weighted by Gasteiger charge is -1.98. The Kier molecular flexibility index (Phi) is 8.02. The summed E-state index contributed by atoms with van der Waals surface area (Å²) in [6.07, 6.45) is 1.09. The largest absolute Gasteiger partial charge is 0.370 e. The number of nitrogens with two attached hydrogens (primary N) is 2. The molecule has 0 rings (SSSR count). The van der Waals surface area contributed by atoms with Crippen LogP contribution in [0.25, 0.3) is 0 Å². The van der Waals surface area contributed by atoms with Crippen LogP contribution in [0.15, 0.2) is 4.99 Å². The standard InChI is InChI=1S/C7H16N4S2/c1-2-12-4-3-5-13-7(10)11-6(8)9/h2-5H2,1H3,(H5,8,9,10,11). The molecule has 0 aromatic heterocycles. The zero-order valence-corrected chi connectivity index (χ0v) is 9.38. The summed E-state index contributed by atoms with van der Waals surface area (Å²) in [5.74, 6) is 3.15. The number of amidine groups is 1. The molecule has 0 atom stereocenters. The average Bonchev–Trinajstić information content (AvgIpc) is 2.02. The van der Waals surface area contributed by atoms with Crippen LogP contribution in [-0.4, -0.2) is 28.4 Å². The molecule has 0 aromatic rings. The average molecular weight is 220 g/mol. The van der Waals surface area contributed by atoms with Crippen molar-refractivity contribution < 1.29 is 0 Å². The van der Waals surface area contributed by atoms with Gasteiger partial charge in [0.15, 0.2) is 11.1 Å². The summed E-state index contributed by atoms with van der Waals surface area (Å²) in [6, 6.07) is 0. The number of hydrogen-bond acceptors (Lipinski definition) is 3. The fourth-order valence-electron chi connectivity index (χ4n) is 0.624. The zero-order chi connectivity index (χ0) is 10.1. The van der Waals surface area contributed by atoms with Gasteiger partial charge in [0.05, 0.1) is 0 Å². The smallest absolute Gasteiger partial charge is 0.193 e. The molecule has 0 aromatic carbocycles. The third-order valence-electron chi connectivity index (χ3n) is 1.11. The molecular weight excluding hydrogens is 204 g/mol. The Bertz CT molecular complexity index is 177. The molecule has 0 aliphatic heterocycles. The van der Waals surface area contributed by atoms with E-state index in [-0.39, 0.29) is 11.1 Å². The van der Waals surface area contributed by atoms with Gasteiger partial charge in [0, 0.05) is 5.75 Å². The van der Waals surface area contributed by atoms with Gasteiger partial charge >= 0.3 is 0 Å². The van der Waals surface area contributed by atoms with Gasteiger partial charge in [-0.25, -0.2) is 0 Å². The molecule has 0 saturated carbocycles. The number of nitrogens with one attached hydrogen (secondary N) is 1. The van der Waals surface area contributed by atoms with Crippen molar-refractivity contribution in [2.24, 2.45) is 16.5 Å². The van der Waals surface area contributed by atoms with E-state index in [2.05, 4.69) is 11.9 Å². The van der Waals surface area contributed by atoms with Gasteiger partial charge in [0.1, 0.15) is 0 Å². The first-order valence-electron chi connectivity index (χ1n) is 4.05. The highest BCUT2D eigenvalue weighted by atomic mass is 32.2. The molecule has 0 aliphatic rings. The molecule has 5 N–H and O–H groups in total. The Balaban J connectivity index is 3.33. The number of aliphatic imine (C=N–C) groups is 1. The van der Waals surface area contributed by atoms with Crippen LogP contribution >= 0.6 is 23.5 Å². The van der Waals surface area contributed by atoms with Crippen LogP contribution in [0.2, 0.25) is 0 Å². The van der Waals surface area contributed by atoms with E-state index in [9.17, 15) is 0 Å². The van der Waals surface area contributed by atoms with Gasteiger partial charge in [-0.3, -0.25) is 5.41 Å². The lowest BCUT2D eigenvalue weighted by molar-refractivity contribution is 1.13. The first-order valence-corrected chi connectivity index (χ1v) is 6.19. The van der Waals surface area contributed by atoms with E-state index in [0.717, 1.165) is 23.7 Å². The van der Waals surface area contributed by atoms with E-state index < -0.39 is 0 Å². The predicted octanol–water partition coefficient (Wildman–Crippen LogP) is 1.07. The molecule has 13 heavy (non-hydrogen) atoms. The maximum absolute atomic E-state index is 7.31. The molecule has 0 radical (unpaired) electrons. The number of hydrogen-bond donors (Lipinski definition) is 3. The fourth-order valence-corrected chi connectivity index (χ4v) is 2.10. The topological polar surface area (TPSA) is 88.2 Å². The van der Waals surface area contributed by atoms with Crippen LogP contribution in [0.5, 0.6) is 0 Å². The highest BCUT2D eigenvalue weighted by Crippen LogP contribution is 2.08. The Morgan fingerprint density at radius 1 is 1.38 bits per heavy atom. The lowest BCUT2D eigenvalue weighted by Crippen LogP contribution is -2.23. The Labute approximate surface area is 87.4 Å². The summed E-state index contributed by atoms with van der Waals surface area (Å²) in [5.41, 5.74) is 10.2. The maximum Gasteiger partial charge on any atom is 0.193 e. The van der Waals surface area contributed by atoms with Crippen molar-refractivity contribution >= 4 is 34.7 Å². The van der Waals surface area contributed by atoms with Crippen LogP contribution < -0.4 is 11.5 Å². The monoisotopic (exact) mass is 220 g/mol. The lowest BCUT2D eigenvalue weighted by atomic mass is 10.6. The van der Waals surface area contributed by atoms with Crippen LogP contribution in [0, 0.1) is 5.41 Å². The molecular formula is C7H16N4S2. The molecule has 0 heterocycles. The number of guanidine groups is 1. The second kappa shape index (κ2) is 8.25. The molecule has 0 spiro atoms. The van der Waals surface area contributed by atoms with Gasteiger partial charge in [0.25, 0.3) is 0 Å². The van der Waals surface area contributed by atoms with Gasteiger partial charge in [-0.2, -0.15) is 16.8 Å². The predicted molar refractivity (Wildman–Crippen MR) is 63.6 cm³/mol. The molecule has 6 heteroatoms.